The SMILES string of the molecule is O=C(C(F)F)C(F)Cc1ccccc1. The largest absolute Gasteiger partial charge is 0.299 e. The summed E-state index contributed by atoms with van der Waals surface area (Å²) in [6.07, 6.45) is -5.63. The molecular formula is C10H9F3O. The normalized spacial score (nSPS) is 12.9. The Morgan fingerprint density at radius 2 is 1.71 bits per heavy atom. The number of rotatable bonds is 4. The summed E-state index contributed by atoms with van der Waals surface area (Å²) in [5.74, 6) is -1.64. The summed E-state index contributed by atoms with van der Waals surface area (Å²) in [6.45, 7) is 0. The van der Waals surface area contributed by atoms with Crippen LogP contribution >= 0.6 is 0 Å². The lowest BCUT2D eigenvalue weighted by atomic mass is 10.1. The summed E-state index contributed by atoms with van der Waals surface area (Å²) in [7, 11) is 0. The van der Waals surface area contributed by atoms with Gasteiger partial charge in [-0.25, -0.2) is 13.2 Å². The first-order valence-corrected chi connectivity index (χ1v) is 4.11. The number of Topliss-reactive ketones (excluding diaryl/α,β-unsaturated/α-hetero) is 1. The number of carbonyl (C=O) groups is 1. The van der Waals surface area contributed by atoms with Crippen LogP contribution in [0.4, 0.5) is 13.2 Å². The van der Waals surface area contributed by atoms with Crippen LogP contribution in [0, 0.1) is 0 Å². The second-order valence-corrected chi connectivity index (χ2v) is 2.86. The standard InChI is InChI=1S/C10H9F3O/c11-8(9(14)10(12)13)6-7-4-2-1-3-5-7/h1-5,8,10H,6H2. The molecule has 0 aliphatic rings. The molecule has 0 N–H and O–H groups in total. The van der Waals surface area contributed by atoms with Gasteiger partial charge in [-0.3, -0.25) is 4.79 Å². The Bertz CT molecular complexity index is 297. The summed E-state index contributed by atoms with van der Waals surface area (Å²) in [6, 6.07) is 8.23. The molecule has 0 fully saturated rings. The van der Waals surface area contributed by atoms with E-state index in [2.05, 4.69) is 0 Å². The first-order chi connectivity index (χ1) is 6.61. The molecule has 0 saturated carbocycles. The summed E-state index contributed by atoms with van der Waals surface area (Å²) >= 11 is 0. The minimum Gasteiger partial charge on any atom is -0.290 e. The van der Waals surface area contributed by atoms with Gasteiger partial charge in [-0.15, -0.1) is 0 Å². The van der Waals surface area contributed by atoms with Gasteiger partial charge >= 0.3 is 0 Å². The Morgan fingerprint density at radius 1 is 1.14 bits per heavy atom. The van der Waals surface area contributed by atoms with Crippen molar-refractivity contribution in [2.45, 2.75) is 19.0 Å². The number of halogens is 3. The molecule has 4 heteroatoms. The maximum absolute atomic E-state index is 12.9. The maximum Gasteiger partial charge on any atom is 0.299 e. The summed E-state index contributed by atoms with van der Waals surface area (Å²) in [5.41, 5.74) is 0.536. The van der Waals surface area contributed by atoms with Gasteiger partial charge in [-0.1, -0.05) is 30.3 Å². The number of benzene rings is 1. The van der Waals surface area contributed by atoms with Gasteiger partial charge in [0.2, 0.25) is 5.78 Å². The minimum atomic E-state index is -3.23. The molecule has 1 unspecified atom stereocenters. The number of alkyl halides is 3. The molecular weight excluding hydrogens is 193 g/mol. The van der Waals surface area contributed by atoms with E-state index >= 15 is 0 Å². The minimum absolute atomic E-state index is 0.288. The Kier molecular flexibility index (Phi) is 3.68. The van der Waals surface area contributed by atoms with Crippen LogP contribution in [0.1, 0.15) is 5.56 Å². The van der Waals surface area contributed by atoms with E-state index in [9.17, 15) is 18.0 Å². The van der Waals surface area contributed by atoms with Crippen molar-refractivity contribution in [3.63, 3.8) is 0 Å². The van der Waals surface area contributed by atoms with Gasteiger partial charge < -0.3 is 0 Å². The van der Waals surface area contributed by atoms with Crippen LogP contribution in [0.2, 0.25) is 0 Å². The number of hydrogen-bond acceptors (Lipinski definition) is 1. The van der Waals surface area contributed by atoms with Gasteiger partial charge in [0.1, 0.15) is 0 Å². The molecule has 0 heterocycles. The number of hydrogen-bond donors (Lipinski definition) is 0. The zero-order valence-corrected chi connectivity index (χ0v) is 7.29. The van der Waals surface area contributed by atoms with Gasteiger partial charge in [0.15, 0.2) is 6.17 Å². The van der Waals surface area contributed by atoms with E-state index in [0.717, 1.165) is 0 Å². The predicted octanol–water partition coefficient (Wildman–Crippen LogP) is 2.40. The van der Waals surface area contributed by atoms with Crippen molar-refractivity contribution in [3.8, 4) is 0 Å². The Labute approximate surface area is 79.5 Å². The highest BCUT2D eigenvalue weighted by Gasteiger charge is 2.26. The smallest absolute Gasteiger partial charge is 0.290 e. The fraction of sp³-hybridized carbons (Fsp3) is 0.300. The zero-order valence-electron chi connectivity index (χ0n) is 7.29. The molecule has 0 aliphatic carbocycles. The molecule has 1 rings (SSSR count). The molecule has 0 bridgehead atoms. The molecule has 0 aromatic heterocycles. The third-order valence-corrected chi connectivity index (χ3v) is 1.78. The monoisotopic (exact) mass is 202 g/mol. The lowest BCUT2D eigenvalue weighted by Crippen LogP contribution is -2.25. The van der Waals surface area contributed by atoms with E-state index < -0.39 is 18.4 Å². The van der Waals surface area contributed by atoms with E-state index in [1.54, 1.807) is 30.3 Å². The van der Waals surface area contributed by atoms with Crippen molar-refractivity contribution in [1.29, 1.82) is 0 Å². The molecule has 1 aromatic rings. The Balaban J connectivity index is 2.57. The van der Waals surface area contributed by atoms with Crippen molar-refractivity contribution in [3.05, 3.63) is 35.9 Å². The zero-order chi connectivity index (χ0) is 10.6. The fourth-order valence-corrected chi connectivity index (χ4v) is 1.06. The summed E-state index contributed by atoms with van der Waals surface area (Å²) in [4.78, 5) is 10.5. The molecule has 1 nitrogen and oxygen atoms in total. The molecule has 0 aliphatic heterocycles. The van der Waals surface area contributed by atoms with Crippen molar-refractivity contribution < 1.29 is 18.0 Å². The molecule has 14 heavy (non-hydrogen) atoms. The van der Waals surface area contributed by atoms with Crippen molar-refractivity contribution in [2.75, 3.05) is 0 Å². The first kappa shape index (κ1) is 10.8. The van der Waals surface area contributed by atoms with Gasteiger partial charge in [0, 0.05) is 6.42 Å². The third-order valence-electron chi connectivity index (χ3n) is 1.78. The Hall–Kier alpha value is -1.32. The van der Waals surface area contributed by atoms with Gasteiger partial charge in [0.05, 0.1) is 0 Å². The molecule has 0 radical (unpaired) electrons. The highest BCUT2D eigenvalue weighted by molar-refractivity contribution is 5.86. The average Bonchev–Trinajstić information content (AvgIpc) is 2.18. The van der Waals surface area contributed by atoms with Crippen LogP contribution in [-0.4, -0.2) is 18.4 Å². The molecule has 0 saturated heterocycles. The van der Waals surface area contributed by atoms with Crippen LogP contribution < -0.4 is 0 Å². The van der Waals surface area contributed by atoms with Crippen molar-refractivity contribution >= 4 is 5.78 Å². The second-order valence-electron chi connectivity index (χ2n) is 2.86. The summed E-state index contributed by atoms with van der Waals surface area (Å²) < 4.78 is 36.5. The van der Waals surface area contributed by atoms with Crippen LogP contribution in [0.3, 0.4) is 0 Å². The topological polar surface area (TPSA) is 17.1 Å². The van der Waals surface area contributed by atoms with E-state index in [1.165, 1.54) is 0 Å². The lowest BCUT2D eigenvalue weighted by molar-refractivity contribution is -0.134. The van der Waals surface area contributed by atoms with E-state index in [-0.39, 0.29) is 6.42 Å². The van der Waals surface area contributed by atoms with Crippen molar-refractivity contribution in [1.82, 2.24) is 0 Å². The molecule has 1 aromatic carbocycles. The number of ketones is 1. The summed E-state index contributed by atoms with van der Waals surface area (Å²) in [5, 5.41) is 0. The van der Waals surface area contributed by atoms with Crippen LogP contribution in [0.25, 0.3) is 0 Å². The van der Waals surface area contributed by atoms with E-state index in [0.29, 0.717) is 5.56 Å². The number of carbonyl (C=O) groups excluding carboxylic acids is 1. The Morgan fingerprint density at radius 3 is 2.21 bits per heavy atom. The third kappa shape index (κ3) is 2.87. The quantitative estimate of drug-likeness (QED) is 0.732. The molecule has 0 amide bonds. The van der Waals surface area contributed by atoms with Crippen LogP contribution in [-0.2, 0) is 11.2 Å². The molecule has 1 atom stereocenters. The van der Waals surface area contributed by atoms with Gasteiger partial charge in [-0.05, 0) is 5.56 Å². The van der Waals surface area contributed by atoms with E-state index in [1.807, 2.05) is 0 Å². The molecule has 76 valence electrons. The van der Waals surface area contributed by atoms with Crippen LogP contribution in [0.15, 0.2) is 30.3 Å². The fourth-order valence-electron chi connectivity index (χ4n) is 1.06. The van der Waals surface area contributed by atoms with E-state index in [4.69, 9.17) is 0 Å². The van der Waals surface area contributed by atoms with Crippen LogP contribution in [0.5, 0.6) is 0 Å². The first-order valence-electron chi connectivity index (χ1n) is 4.11. The highest BCUT2D eigenvalue weighted by atomic mass is 19.3. The molecule has 0 spiro atoms. The predicted molar refractivity (Wildman–Crippen MR) is 46.1 cm³/mol. The van der Waals surface area contributed by atoms with Crippen molar-refractivity contribution in [2.24, 2.45) is 0 Å². The maximum atomic E-state index is 12.9. The second kappa shape index (κ2) is 4.79. The van der Waals surface area contributed by atoms with Gasteiger partial charge in [0.25, 0.3) is 6.43 Å². The highest BCUT2D eigenvalue weighted by Crippen LogP contribution is 2.10. The lowest BCUT2D eigenvalue weighted by Gasteiger charge is -2.05. The van der Waals surface area contributed by atoms with Gasteiger partial charge in [-0.2, -0.15) is 0 Å². The average molecular weight is 202 g/mol.